The summed E-state index contributed by atoms with van der Waals surface area (Å²) in [5.74, 6) is 1.36. The Bertz CT molecular complexity index is 772. The minimum Gasteiger partial charge on any atom is -0.340 e. The lowest BCUT2D eigenvalue weighted by molar-refractivity contribution is -0.138. The minimum atomic E-state index is -0.137. The van der Waals surface area contributed by atoms with E-state index in [0.29, 0.717) is 11.7 Å². The van der Waals surface area contributed by atoms with Gasteiger partial charge in [-0.1, -0.05) is 29.4 Å². The summed E-state index contributed by atoms with van der Waals surface area (Å²) in [6.07, 6.45) is 2.89. The van der Waals surface area contributed by atoms with Crippen molar-refractivity contribution in [3.05, 3.63) is 47.1 Å². The highest BCUT2D eigenvalue weighted by atomic mass is 16.5. The number of carbonyl (C=O) groups excluding carboxylic acids is 1. The van der Waals surface area contributed by atoms with E-state index in [4.69, 9.17) is 4.52 Å². The van der Waals surface area contributed by atoms with Crippen LogP contribution in [-0.2, 0) is 17.8 Å². The third-order valence-corrected chi connectivity index (χ3v) is 5.44. The molecule has 0 bridgehead atoms. The van der Waals surface area contributed by atoms with E-state index in [9.17, 15) is 4.79 Å². The third kappa shape index (κ3) is 3.06. The smallest absolute Gasteiger partial charge is 0.240 e. The average Bonchev–Trinajstić information content (AvgIpc) is 3.28. The Kier molecular flexibility index (Phi) is 4.29. The second kappa shape index (κ2) is 6.59. The molecule has 3 heterocycles. The molecule has 1 saturated heterocycles. The van der Waals surface area contributed by atoms with E-state index in [1.54, 1.807) is 6.92 Å². The van der Waals surface area contributed by atoms with Crippen molar-refractivity contribution in [3.8, 4) is 0 Å². The summed E-state index contributed by atoms with van der Waals surface area (Å²) in [6, 6.07) is 8.33. The van der Waals surface area contributed by atoms with Gasteiger partial charge in [0.25, 0.3) is 0 Å². The molecule has 0 aliphatic carbocycles. The molecule has 0 saturated carbocycles. The molecule has 0 radical (unpaired) electrons. The van der Waals surface area contributed by atoms with Gasteiger partial charge in [0, 0.05) is 26.6 Å². The molecule has 2 aliphatic rings. The number of likely N-dealkylation sites (tertiary alicyclic amines) is 1. The molecular weight excluding hydrogens is 316 g/mol. The van der Waals surface area contributed by atoms with Gasteiger partial charge in [-0.25, -0.2) is 0 Å². The van der Waals surface area contributed by atoms with Crippen molar-refractivity contribution in [1.82, 2.24) is 19.9 Å². The van der Waals surface area contributed by atoms with Crippen LogP contribution < -0.4 is 0 Å². The first kappa shape index (κ1) is 16.3. The molecule has 6 nitrogen and oxygen atoms in total. The predicted octanol–water partition coefficient (Wildman–Crippen LogP) is 2.49. The fourth-order valence-corrected chi connectivity index (χ4v) is 3.99. The number of hydrogen-bond donors (Lipinski definition) is 0. The van der Waals surface area contributed by atoms with Crippen molar-refractivity contribution in [2.75, 3.05) is 13.1 Å². The van der Waals surface area contributed by atoms with Crippen LogP contribution >= 0.6 is 0 Å². The maximum atomic E-state index is 13.1. The van der Waals surface area contributed by atoms with E-state index < -0.39 is 0 Å². The van der Waals surface area contributed by atoms with Gasteiger partial charge in [0.2, 0.25) is 11.8 Å². The summed E-state index contributed by atoms with van der Waals surface area (Å²) in [6.45, 7) is 6.33. The van der Waals surface area contributed by atoms with Crippen molar-refractivity contribution >= 4 is 5.91 Å². The lowest BCUT2D eigenvalue weighted by Crippen LogP contribution is -2.48. The van der Waals surface area contributed by atoms with Crippen molar-refractivity contribution in [3.63, 3.8) is 0 Å². The number of carbonyl (C=O) groups is 1. The Balaban J connectivity index is 1.48. The zero-order valence-corrected chi connectivity index (χ0v) is 14.8. The van der Waals surface area contributed by atoms with Crippen LogP contribution in [0.25, 0.3) is 0 Å². The second-order valence-electron chi connectivity index (χ2n) is 7.03. The highest BCUT2D eigenvalue weighted by Gasteiger charge is 2.37. The normalized spacial score (nSPS) is 22.0. The van der Waals surface area contributed by atoms with Gasteiger partial charge in [-0.3, -0.25) is 9.69 Å². The summed E-state index contributed by atoms with van der Waals surface area (Å²) in [7, 11) is 0. The quantitative estimate of drug-likeness (QED) is 0.859. The number of amides is 1. The minimum absolute atomic E-state index is 0.0514. The molecule has 0 N–H and O–H groups in total. The topological polar surface area (TPSA) is 62.5 Å². The van der Waals surface area contributed by atoms with Gasteiger partial charge in [0.05, 0.1) is 12.1 Å². The lowest BCUT2D eigenvalue weighted by Gasteiger charge is -2.35. The zero-order chi connectivity index (χ0) is 17.4. The van der Waals surface area contributed by atoms with Gasteiger partial charge in [0.15, 0.2) is 5.82 Å². The number of rotatable bonds is 3. The molecule has 0 spiro atoms. The van der Waals surface area contributed by atoms with Gasteiger partial charge in [0.1, 0.15) is 0 Å². The van der Waals surface area contributed by atoms with Crippen LogP contribution in [0.4, 0.5) is 0 Å². The van der Waals surface area contributed by atoms with Crippen molar-refractivity contribution in [2.24, 2.45) is 0 Å². The van der Waals surface area contributed by atoms with Gasteiger partial charge in [-0.15, -0.1) is 0 Å². The number of fused-ring (bicyclic) bond motifs is 1. The van der Waals surface area contributed by atoms with Gasteiger partial charge < -0.3 is 9.42 Å². The first-order valence-corrected chi connectivity index (χ1v) is 9.05. The van der Waals surface area contributed by atoms with Crippen LogP contribution in [0.15, 0.2) is 28.8 Å². The monoisotopic (exact) mass is 340 g/mol. The molecule has 1 amide bonds. The van der Waals surface area contributed by atoms with E-state index in [-0.39, 0.29) is 18.0 Å². The van der Waals surface area contributed by atoms with Crippen LogP contribution in [0.2, 0.25) is 0 Å². The first-order valence-electron chi connectivity index (χ1n) is 9.05. The average molecular weight is 340 g/mol. The van der Waals surface area contributed by atoms with Crippen LogP contribution in [0.3, 0.4) is 0 Å². The highest BCUT2D eigenvalue weighted by Crippen LogP contribution is 2.31. The molecule has 1 aromatic heterocycles. The molecule has 4 rings (SSSR count). The van der Waals surface area contributed by atoms with E-state index in [1.807, 2.05) is 11.8 Å². The Morgan fingerprint density at radius 3 is 2.84 bits per heavy atom. The molecule has 2 aromatic rings. The summed E-state index contributed by atoms with van der Waals surface area (Å²) >= 11 is 0. The van der Waals surface area contributed by atoms with Crippen molar-refractivity contribution < 1.29 is 9.32 Å². The Morgan fingerprint density at radius 1 is 1.28 bits per heavy atom. The number of nitrogens with zero attached hydrogens (tertiary/aromatic N) is 4. The highest BCUT2D eigenvalue weighted by molar-refractivity contribution is 5.82. The first-order chi connectivity index (χ1) is 12.1. The van der Waals surface area contributed by atoms with Crippen LogP contribution in [0.1, 0.15) is 48.6 Å². The predicted molar refractivity (Wildman–Crippen MR) is 92.7 cm³/mol. The molecule has 1 fully saturated rings. The third-order valence-electron chi connectivity index (χ3n) is 5.44. The van der Waals surface area contributed by atoms with Crippen molar-refractivity contribution in [2.45, 2.75) is 51.7 Å². The second-order valence-corrected chi connectivity index (χ2v) is 7.03. The zero-order valence-electron chi connectivity index (χ0n) is 14.8. The van der Waals surface area contributed by atoms with Gasteiger partial charge in [-0.2, -0.15) is 4.98 Å². The van der Waals surface area contributed by atoms with Gasteiger partial charge in [-0.05, 0) is 37.3 Å². The van der Waals surface area contributed by atoms with Crippen molar-refractivity contribution in [1.29, 1.82) is 0 Å². The number of benzene rings is 1. The van der Waals surface area contributed by atoms with E-state index >= 15 is 0 Å². The Morgan fingerprint density at radius 2 is 2.08 bits per heavy atom. The molecule has 132 valence electrons. The van der Waals surface area contributed by atoms with Crippen LogP contribution in [0, 0.1) is 6.92 Å². The largest absolute Gasteiger partial charge is 0.340 e. The molecule has 25 heavy (non-hydrogen) atoms. The number of aryl methyl sites for hydroxylation is 1. The SMILES string of the molecule is Cc1nc([C@H]2CCCN2C(=O)[C@H](C)N2CCc3ccccc3C2)no1. The summed E-state index contributed by atoms with van der Waals surface area (Å²) in [4.78, 5) is 21.7. The summed E-state index contributed by atoms with van der Waals surface area (Å²) < 4.78 is 5.11. The number of aromatic nitrogens is 2. The Hall–Kier alpha value is -2.21. The lowest BCUT2D eigenvalue weighted by atomic mass is 9.98. The number of hydrogen-bond acceptors (Lipinski definition) is 5. The fourth-order valence-electron chi connectivity index (χ4n) is 3.99. The molecular formula is C19H24N4O2. The molecule has 6 heteroatoms. The standard InChI is InChI=1S/C19H24N4O2/c1-13(22-11-9-15-6-3-4-7-16(15)12-22)19(24)23-10-5-8-17(23)18-20-14(2)25-21-18/h3-4,6-7,13,17H,5,8-12H2,1-2H3/t13-,17+/m0/s1. The molecule has 2 aliphatic heterocycles. The maximum Gasteiger partial charge on any atom is 0.240 e. The van der Waals surface area contributed by atoms with Crippen LogP contribution in [-0.4, -0.2) is 45.0 Å². The Labute approximate surface area is 147 Å². The molecule has 0 unspecified atom stereocenters. The van der Waals surface area contributed by atoms with E-state index in [2.05, 4.69) is 39.3 Å². The van der Waals surface area contributed by atoms with Gasteiger partial charge >= 0.3 is 0 Å². The van der Waals surface area contributed by atoms with E-state index in [1.165, 1.54) is 11.1 Å². The molecule has 1 aromatic carbocycles. The van der Waals surface area contributed by atoms with Crippen LogP contribution in [0.5, 0.6) is 0 Å². The molecule has 2 atom stereocenters. The summed E-state index contributed by atoms with van der Waals surface area (Å²) in [5, 5.41) is 4.04. The maximum absolute atomic E-state index is 13.1. The van der Waals surface area contributed by atoms with E-state index in [0.717, 1.165) is 38.9 Å². The summed E-state index contributed by atoms with van der Waals surface area (Å²) in [5.41, 5.74) is 2.74. The fraction of sp³-hybridized carbons (Fsp3) is 0.526.